The van der Waals surface area contributed by atoms with E-state index in [1.165, 1.54) is 5.56 Å². The minimum Gasteiger partial charge on any atom is -0.283 e. The summed E-state index contributed by atoms with van der Waals surface area (Å²) in [4.78, 5) is 8.80. The molecule has 0 unspecified atom stereocenters. The monoisotopic (exact) mass is 288 g/mol. The molecule has 0 aliphatic rings. The number of halogens is 1. The molecular weight excluding hydrogens is 276 g/mol. The molecule has 1 atom stereocenters. The Balaban J connectivity index is 2.11. The second kappa shape index (κ2) is 5.73. The molecule has 17 heavy (non-hydrogen) atoms. The molecule has 2 nitrogen and oxygen atoms in total. The Morgan fingerprint density at radius 1 is 1.12 bits per heavy atom. The highest BCUT2D eigenvalue weighted by atomic mass is 79.9. The van der Waals surface area contributed by atoms with Crippen LogP contribution in [0.5, 0.6) is 0 Å². The number of pyridine rings is 1. The number of aromatic nitrogens is 1. The van der Waals surface area contributed by atoms with Gasteiger partial charge >= 0.3 is 0 Å². The summed E-state index contributed by atoms with van der Waals surface area (Å²) < 4.78 is 0.828. The van der Waals surface area contributed by atoms with Crippen molar-refractivity contribution in [3.63, 3.8) is 0 Å². The van der Waals surface area contributed by atoms with Crippen LogP contribution in [-0.2, 0) is 0 Å². The van der Waals surface area contributed by atoms with Crippen molar-refractivity contribution in [2.75, 3.05) is 0 Å². The van der Waals surface area contributed by atoms with Gasteiger partial charge in [-0.1, -0.05) is 36.4 Å². The molecule has 0 aliphatic carbocycles. The number of nitrogens with zero attached hydrogens (tertiary/aromatic N) is 2. The van der Waals surface area contributed by atoms with Crippen molar-refractivity contribution in [2.45, 2.75) is 13.0 Å². The van der Waals surface area contributed by atoms with Gasteiger partial charge in [-0.15, -0.1) is 0 Å². The smallest absolute Gasteiger partial charge is 0.106 e. The number of benzene rings is 1. The summed E-state index contributed by atoms with van der Waals surface area (Å²) in [5.41, 5.74) is 2.07. The lowest BCUT2D eigenvalue weighted by atomic mass is 10.1. The van der Waals surface area contributed by atoms with E-state index >= 15 is 0 Å². The second-order valence-electron chi connectivity index (χ2n) is 3.75. The molecule has 0 spiro atoms. The predicted octanol–water partition coefficient (Wildman–Crippen LogP) is 4.02. The van der Waals surface area contributed by atoms with Gasteiger partial charge in [0.1, 0.15) is 4.60 Å². The molecule has 0 amide bonds. The molecule has 86 valence electrons. The van der Waals surface area contributed by atoms with Gasteiger partial charge in [0.05, 0.1) is 11.7 Å². The van der Waals surface area contributed by atoms with Crippen molar-refractivity contribution in [2.24, 2.45) is 4.99 Å². The first-order chi connectivity index (χ1) is 8.25. The Hall–Kier alpha value is -1.48. The fraction of sp³-hybridized carbons (Fsp3) is 0.143. The topological polar surface area (TPSA) is 25.2 Å². The van der Waals surface area contributed by atoms with Crippen LogP contribution in [0.2, 0.25) is 0 Å². The molecule has 3 heteroatoms. The van der Waals surface area contributed by atoms with Crippen LogP contribution in [0, 0.1) is 0 Å². The maximum atomic E-state index is 4.50. The van der Waals surface area contributed by atoms with Crippen molar-refractivity contribution in [1.82, 2.24) is 4.98 Å². The molecular formula is C14H13BrN2. The SMILES string of the molecule is C[C@H](N=Cc1cccc(Br)n1)c1ccccc1. The molecule has 0 radical (unpaired) electrons. The Bertz CT molecular complexity index is 509. The summed E-state index contributed by atoms with van der Waals surface area (Å²) in [5, 5.41) is 0. The van der Waals surface area contributed by atoms with Gasteiger partial charge in [-0.25, -0.2) is 4.98 Å². The van der Waals surface area contributed by atoms with Gasteiger partial charge in [0.2, 0.25) is 0 Å². The van der Waals surface area contributed by atoms with Crippen LogP contribution in [0.15, 0.2) is 58.1 Å². The van der Waals surface area contributed by atoms with Crippen molar-refractivity contribution in [3.05, 3.63) is 64.4 Å². The first-order valence-electron chi connectivity index (χ1n) is 5.46. The largest absolute Gasteiger partial charge is 0.283 e. The van der Waals surface area contributed by atoms with E-state index in [9.17, 15) is 0 Å². The zero-order valence-corrected chi connectivity index (χ0v) is 11.1. The lowest BCUT2D eigenvalue weighted by Gasteiger charge is -2.05. The maximum absolute atomic E-state index is 4.50. The highest BCUT2D eigenvalue weighted by molar-refractivity contribution is 9.10. The molecule has 1 aromatic heterocycles. The van der Waals surface area contributed by atoms with Crippen LogP contribution in [0.25, 0.3) is 0 Å². The van der Waals surface area contributed by atoms with Crippen molar-refractivity contribution in [1.29, 1.82) is 0 Å². The first-order valence-corrected chi connectivity index (χ1v) is 6.25. The van der Waals surface area contributed by atoms with E-state index in [-0.39, 0.29) is 6.04 Å². The van der Waals surface area contributed by atoms with Crippen molar-refractivity contribution < 1.29 is 0 Å². The molecule has 0 saturated carbocycles. The Labute approximate surface area is 110 Å². The average Bonchev–Trinajstić information content (AvgIpc) is 2.37. The highest BCUT2D eigenvalue weighted by Gasteiger charge is 2.00. The fourth-order valence-corrected chi connectivity index (χ4v) is 1.86. The van der Waals surface area contributed by atoms with Gasteiger partial charge in [-0.2, -0.15) is 0 Å². The van der Waals surface area contributed by atoms with Crippen LogP contribution < -0.4 is 0 Å². The van der Waals surface area contributed by atoms with Gasteiger partial charge in [0.25, 0.3) is 0 Å². The molecule has 0 bridgehead atoms. The summed E-state index contributed by atoms with van der Waals surface area (Å²) in [7, 11) is 0. The van der Waals surface area contributed by atoms with Crippen LogP contribution in [0.4, 0.5) is 0 Å². The van der Waals surface area contributed by atoms with Crippen LogP contribution in [0.1, 0.15) is 24.2 Å². The third kappa shape index (κ3) is 3.49. The van der Waals surface area contributed by atoms with Gasteiger partial charge in [0, 0.05) is 6.21 Å². The number of hydrogen-bond acceptors (Lipinski definition) is 2. The first kappa shape index (κ1) is 12.0. The van der Waals surface area contributed by atoms with E-state index < -0.39 is 0 Å². The van der Waals surface area contributed by atoms with Gasteiger partial charge in [0.15, 0.2) is 0 Å². The molecule has 2 aromatic rings. The lowest BCUT2D eigenvalue weighted by Crippen LogP contribution is -1.92. The number of aliphatic imine (C=N–C) groups is 1. The van der Waals surface area contributed by atoms with Gasteiger partial charge < -0.3 is 0 Å². The van der Waals surface area contributed by atoms with Crippen LogP contribution >= 0.6 is 15.9 Å². The van der Waals surface area contributed by atoms with Crippen molar-refractivity contribution in [3.8, 4) is 0 Å². The predicted molar refractivity (Wildman–Crippen MR) is 74.4 cm³/mol. The molecule has 0 N–H and O–H groups in total. The zero-order chi connectivity index (χ0) is 12.1. The molecule has 0 fully saturated rings. The Morgan fingerprint density at radius 2 is 1.88 bits per heavy atom. The van der Waals surface area contributed by atoms with Gasteiger partial charge in [-0.05, 0) is 40.5 Å². The minimum absolute atomic E-state index is 0.150. The van der Waals surface area contributed by atoms with Crippen LogP contribution in [0.3, 0.4) is 0 Å². The van der Waals surface area contributed by atoms with E-state index in [2.05, 4.69) is 45.0 Å². The second-order valence-corrected chi connectivity index (χ2v) is 4.56. The molecule has 0 aliphatic heterocycles. The average molecular weight is 289 g/mol. The Morgan fingerprint density at radius 3 is 2.59 bits per heavy atom. The highest BCUT2D eigenvalue weighted by Crippen LogP contribution is 2.15. The summed E-state index contributed by atoms with van der Waals surface area (Å²) in [6.07, 6.45) is 1.81. The number of rotatable bonds is 3. The number of hydrogen-bond donors (Lipinski definition) is 0. The van der Waals surface area contributed by atoms with Gasteiger partial charge in [-0.3, -0.25) is 4.99 Å². The van der Waals surface area contributed by atoms with E-state index in [4.69, 9.17) is 0 Å². The zero-order valence-electron chi connectivity index (χ0n) is 9.55. The summed E-state index contributed by atoms with van der Waals surface area (Å²) in [6, 6.07) is 16.2. The maximum Gasteiger partial charge on any atom is 0.106 e. The summed E-state index contributed by atoms with van der Waals surface area (Å²) >= 11 is 3.34. The lowest BCUT2D eigenvalue weighted by molar-refractivity contribution is 0.824. The van der Waals surface area contributed by atoms with Crippen LogP contribution in [-0.4, -0.2) is 11.2 Å². The molecule has 0 saturated heterocycles. The molecule has 1 aromatic carbocycles. The fourth-order valence-electron chi connectivity index (χ4n) is 1.50. The van der Waals surface area contributed by atoms with E-state index in [0.29, 0.717) is 0 Å². The third-order valence-corrected chi connectivity index (χ3v) is 2.89. The normalized spacial score (nSPS) is 12.8. The van der Waals surface area contributed by atoms with E-state index in [1.807, 2.05) is 42.6 Å². The quantitative estimate of drug-likeness (QED) is 0.618. The van der Waals surface area contributed by atoms with E-state index in [0.717, 1.165) is 10.3 Å². The standard InChI is InChI=1S/C14H13BrN2/c1-11(12-6-3-2-4-7-12)16-10-13-8-5-9-14(15)17-13/h2-11H,1H3/t11-/m0/s1. The van der Waals surface area contributed by atoms with Crippen molar-refractivity contribution >= 4 is 22.1 Å². The Kier molecular flexibility index (Phi) is 4.04. The summed E-state index contributed by atoms with van der Waals surface area (Å²) in [5.74, 6) is 0. The minimum atomic E-state index is 0.150. The van der Waals surface area contributed by atoms with E-state index in [1.54, 1.807) is 0 Å². The third-order valence-electron chi connectivity index (χ3n) is 2.45. The molecule has 1 heterocycles. The molecule has 2 rings (SSSR count). The summed E-state index contributed by atoms with van der Waals surface area (Å²) in [6.45, 7) is 2.07.